The van der Waals surface area contributed by atoms with Crippen molar-refractivity contribution in [1.82, 2.24) is 0 Å². The summed E-state index contributed by atoms with van der Waals surface area (Å²) in [5, 5.41) is 5.81. The average molecular weight is 287 g/mol. The van der Waals surface area contributed by atoms with Crippen molar-refractivity contribution >= 4 is 33.3 Å². The fourth-order valence-electron chi connectivity index (χ4n) is 2.94. The smallest absolute Gasteiger partial charge is 0.158 e. The normalized spacial score (nSPS) is 11.2. The fraction of sp³-hybridized carbons (Fsp3) is 0.100. The van der Waals surface area contributed by atoms with Crippen molar-refractivity contribution in [2.45, 2.75) is 13.8 Å². The third-order valence-electron chi connectivity index (χ3n) is 4.06. The quantitative estimate of drug-likeness (QED) is 0.493. The maximum Gasteiger partial charge on any atom is 0.158 e. The predicted molar refractivity (Wildman–Crippen MR) is 92.9 cm³/mol. The van der Waals surface area contributed by atoms with Crippen LogP contribution in [-0.2, 0) is 0 Å². The van der Waals surface area contributed by atoms with E-state index in [0.29, 0.717) is 0 Å². The number of aryl methyl sites for hydroxylation is 2. The topological polar surface area (TPSA) is 25.2 Å². The molecule has 22 heavy (non-hydrogen) atoms. The van der Waals surface area contributed by atoms with Crippen LogP contribution in [0.4, 0.5) is 11.4 Å². The molecule has 0 aliphatic rings. The second-order valence-corrected chi connectivity index (χ2v) is 5.72. The summed E-state index contributed by atoms with van der Waals surface area (Å²) in [6.07, 6.45) is 0. The number of para-hydroxylation sites is 2. The van der Waals surface area contributed by atoms with Crippen LogP contribution in [-0.4, -0.2) is 0 Å². The molecule has 1 heterocycles. The molecule has 4 aromatic rings. The van der Waals surface area contributed by atoms with Gasteiger partial charge in [-0.15, -0.1) is 0 Å². The van der Waals surface area contributed by atoms with Gasteiger partial charge in [0.05, 0.1) is 5.69 Å². The molecule has 3 aromatic carbocycles. The van der Waals surface area contributed by atoms with Gasteiger partial charge in [-0.25, -0.2) is 0 Å². The predicted octanol–water partition coefficient (Wildman–Crippen LogP) is 5.95. The van der Waals surface area contributed by atoms with E-state index in [1.807, 2.05) is 18.2 Å². The summed E-state index contributed by atoms with van der Waals surface area (Å²) in [7, 11) is 0. The van der Waals surface area contributed by atoms with Gasteiger partial charge < -0.3 is 9.73 Å². The Kier molecular flexibility index (Phi) is 2.90. The van der Waals surface area contributed by atoms with Crippen molar-refractivity contribution in [3.63, 3.8) is 0 Å². The molecule has 4 rings (SSSR count). The Bertz CT molecular complexity index is 982. The highest BCUT2D eigenvalue weighted by Gasteiger charge is 2.10. The van der Waals surface area contributed by atoms with Gasteiger partial charge in [0.15, 0.2) is 5.58 Å². The standard InChI is InChI=1S/C20H17NO/c1-13-10-11-17(14(2)12-13)21-18-8-5-7-16-15-6-3-4-9-19(15)22-20(16)18/h3-12,21H,1-2H3. The van der Waals surface area contributed by atoms with E-state index in [2.05, 4.69) is 61.6 Å². The lowest BCUT2D eigenvalue weighted by atomic mass is 10.1. The Labute approximate surface area is 129 Å². The molecular formula is C20H17NO. The minimum absolute atomic E-state index is 0.906. The summed E-state index contributed by atoms with van der Waals surface area (Å²) < 4.78 is 6.06. The number of nitrogens with one attached hydrogen (secondary N) is 1. The number of benzene rings is 3. The third kappa shape index (κ3) is 2.04. The first-order chi connectivity index (χ1) is 10.7. The van der Waals surface area contributed by atoms with E-state index in [-0.39, 0.29) is 0 Å². The molecule has 0 aliphatic heterocycles. The minimum Gasteiger partial charge on any atom is -0.454 e. The molecule has 2 nitrogen and oxygen atoms in total. The molecule has 0 unspecified atom stereocenters. The van der Waals surface area contributed by atoms with Crippen LogP contribution in [0.25, 0.3) is 21.9 Å². The van der Waals surface area contributed by atoms with Crippen LogP contribution in [0.5, 0.6) is 0 Å². The molecule has 0 fully saturated rings. The second-order valence-electron chi connectivity index (χ2n) is 5.72. The fourth-order valence-corrected chi connectivity index (χ4v) is 2.94. The van der Waals surface area contributed by atoms with Gasteiger partial charge in [-0.2, -0.15) is 0 Å². The van der Waals surface area contributed by atoms with Gasteiger partial charge >= 0.3 is 0 Å². The molecule has 1 aromatic heterocycles. The van der Waals surface area contributed by atoms with Crippen molar-refractivity contribution in [2.24, 2.45) is 0 Å². The first-order valence-corrected chi connectivity index (χ1v) is 7.47. The molecular weight excluding hydrogens is 270 g/mol. The van der Waals surface area contributed by atoms with Crippen molar-refractivity contribution in [3.8, 4) is 0 Å². The molecule has 0 amide bonds. The first kappa shape index (κ1) is 13.0. The van der Waals surface area contributed by atoms with Gasteiger partial charge in [0.2, 0.25) is 0 Å². The van der Waals surface area contributed by atoms with Crippen LogP contribution in [0.3, 0.4) is 0 Å². The van der Waals surface area contributed by atoms with Gasteiger partial charge in [-0.3, -0.25) is 0 Å². The Balaban J connectivity index is 1.88. The van der Waals surface area contributed by atoms with E-state index in [9.17, 15) is 0 Å². The number of anilines is 2. The second kappa shape index (κ2) is 4.92. The summed E-state index contributed by atoms with van der Waals surface area (Å²) in [6, 6.07) is 20.8. The minimum atomic E-state index is 0.906. The number of rotatable bonds is 2. The monoisotopic (exact) mass is 287 g/mol. The lowest BCUT2D eigenvalue weighted by Gasteiger charge is -2.10. The van der Waals surface area contributed by atoms with Crippen LogP contribution in [0.15, 0.2) is 65.1 Å². The SMILES string of the molecule is Cc1ccc(Nc2cccc3c2oc2ccccc23)c(C)c1. The Hall–Kier alpha value is -2.74. The van der Waals surface area contributed by atoms with E-state index < -0.39 is 0 Å². The van der Waals surface area contributed by atoms with Gasteiger partial charge in [0.1, 0.15) is 5.58 Å². The Morgan fingerprint density at radius 3 is 2.45 bits per heavy atom. The van der Waals surface area contributed by atoms with Gasteiger partial charge in [-0.1, -0.05) is 48.0 Å². The van der Waals surface area contributed by atoms with E-state index >= 15 is 0 Å². The van der Waals surface area contributed by atoms with E-state index in [1.165, 1.54) is 11.1 Å². The summed E-state index contributed by atoms with van der Waals surface area (Å²) in [4.78, 5) is 0. The molecule has 0 aliphatic carbocycles. The van der Waals surface area contributed by atoms with E-state index in [4.69, 9.17) is 4.42 Å². The molecule has 2 heteroatoms. The molecule has 0 saturated carbocycles. The molecule has 1 N–H and O–H groups in total. The zero-order chi connectivity index (χ0) is 15.1. The number of hydrogen-bond acceptors (Lipinski definition) is 2. The van der Waals surface area contributed by atoms with Crippen LogP contribution >= 0.6 is 0 Å². The first-order valence-electron chi connectivity index (χ1n) is 7.47. The zero-order valence-corrected chi connectivity index (χ0v) is 12.7. The van der Waals surface area contributed by atoms with E-state index in [1.54, 1.807) is 0 Å². The Morgan fingerprint density at radius 1 is 0.773 bits per heavy atom. The largest absolute Gasteiger partial charge is 0.454 e. The van der Waals surface area contributed by atoms with Crippen LogP contribution in [0.2, 0.25) is 0 Å². The molecule has 0 spiro atoms. The number of hydrogen-bond donors (Lipinski definition) is 1. The summed E-state index contributed by atoms with van der Waals surface area (Å²) in [5.41, 5.74) is 6.44. The molecule has 0 atom stereocenters. The van der Waals surface area contributed by atoms with Crippen LogP contribution < -0.4 is 5.32 Å². The summed E-state index contributed by atoms with van der Waals surface area (Å²) >= 11 is 0. The molecule has 0 radical (unpaired) electrons. The van der Waals surface area contributed by atoms with Gasteiger partial charge in [0.25, 0.3) is 0 Å². The zero-order valence-electron chi connectivity index (χ0n) is 12.7. The maximum atomic E-state index is 6.06. The van der Waals surface area contributed by atoms with Crippen molar-refractivity contribution < 1.29 is 4.42 Å². The molecule has 0 bridgehead atoms. The highest BCUT2D eigenvalue weighted by Crippen LogP contribution is 2.35. The maximum absolute atomic E-state index is 6.06. The molecule has 108 valence electrons. The lowest BCUT2D eigenvalue weighted by molar-refractivity contribution is 0.670. The van der Waals surface area contributed by atoms with Crippen molar-refractivity contribution in [2.75, 3.05) is 5.32 Å². The van der Waals surface area contributed by atoms with Gasteiger partial charge in [-0.05, 0) is 37.6 Å². The lowest BCUT2D eigenvalue weighted by Crippen LogP contribution is -1.93. The third-order valence-corrected chi connectivity index (χ3v) is 4.06. The highest BCUT2D eigenvalue weighted by molar-refractivity contribution is 6.09. The molecule has 0 saturated heterocycles. The summed E-state index contributed by atoms with van der Waals surface area (Å²) in [5.74, 6) is 0. The Morgan fingerprint density at radius 2 is 1.59 bits per heavy atom. The average Bonchev–Trinajstić information content (AvgIpc) is 2.90. The van der Waals surface area contributed by atoms with Crippen molar-refractivity contribution in [3.05, 3.63) is 71.8 Å². The number of fused-ring (bicyclic) bond motifs is 3. The number of furan rings is 1. The van der Waals surface area contributed by atoms with Gasteiger partial charge in [0, 0.05) is 16.5 Å². The van der Waals surface area contributed by atoms with E-state index in [0.717, 1.165) is 33.3 Å². The highest BCUT2D eigenvalue weighted by atomic mass is 16.3. The van der Waals surface area contributed by atoms with Crippen LogP contribution in [0.1, 0.15) is 11.1 Å². The van der Waals surface area contributed by atoms with Crippen molar-refractivity contribution in [1.29, 1.82) is 0 Å². The van der Waals surface area contributed by atoms with Crippen LogP contribution in [0, 0.1) is 13.8 Å². The summed E-state index contributed by atoms with van der Waals surface area (Å²) in [6.45, 7) is 4.23.